The van der Waals surface area contributed by atoms with E-state index in [4.69, 9.17) is 0 Å². The van der Waals surface area contributed by atoms with E-state index in [-0.39, 0.29) is 21.7 Å². The van der Waals surface area contributed by atoms with Gasteiger partial charge in [0.15, 0.2) is 0 Å². The van der Waals surface area contributed by atoms with Crippen LogP contribution in [0, 0.1) is 16.0 Å². The summed E-state index contributed by atoms with van der Waals surface area (Å²) in [6.45, 7) is 0. The van der Waals surface area contributed by atoms with Crippen LogP contribution in [-0.4, -0.2) is 16.7 Å². The van der Waals surface area contributed by atoms with Gasteiger partial charge in [-0.3, -0.25) is 30.6 Å². The number of nitrogens with zero attached hydrogens (tertiary/aromatic N) is 1. The van der Waals surface area contributed by atoms with Crippen molar-refractivity contribution < 1.29 is 14.5 Å². The molecule has 90 valence electrons. The Morgan fingerprint density at radius 2 is 2.06 bits per heavy atom. The molecule has 2 N–H and O–H groups in total. The molecule has 0 bridgehead atoms. The molecule has 2 amide bonds. The van der Waals surface area contributed by atoms with Crippen LogP contribution in [0.15, 0.2) is 12.1 Å². The molecule has 0 unspecified atom stereocenters. The molecule has 1 fully saturated rings. The number of hydrogen-bond donors (Lipinski definition) is 2. The number of rotatable bonds is 3. The van der Waals surface area contributed by atoms with Crippen LogP contribution in [-0.2, 0) is 4.79 Å². The van der Waals surface area contributed by atoms with Crippen LogP contribution in [0.4, 0.5) is 5.00 Å². The Balaban J connectivity index is 1.89. The SMILES string of the molecule is O=C(NNC(=O)C1CC1)c1ccc([N+](=O)[O-])s1. The third-order valence-corrected chi connectivity index (χ3v) is 3.28. The maximum absolute atomic E-state index is 11.5. The second kappa shape index (κ2) is 4.50. The van der Waals surface area contributed by atoms with Crippen molar-refractivity contribution in [3.63, 3.8) is 0 Å². The molecule has 1 saturated carbocycles. The monoisotopic (exact) mass is 255 g/mol. The molecule has 1 heterocycles. The van der Waals surface area contributed by atoms with Crippen molar-refractivity contribution in [2.45, 2.75) is 12.8 Å². The van der Waals surface area contributed by atoms with Gasteiger partial charge in [0.05, 0.1) is 4.92 Å². The van der Waals surface area contributed by atoms with Crippen LogP contribution in [0.25, 0.3) is 0 Å². The van der Waals surface area contributed by atoms with Crippen molar-refractivity contribution in [3.8, 4) is 0 Å². The van der Waals surface area contributed by atoms with Gasteiger partial charge in [-0.05, 0) is 18.9 Å². The van der Waals surface area contributed by atoms with E-state index in [9.17, 15) is 19.7 Å². The average Bonchev–Trinajstić information content (AvgIpc) is 3.02. The van der Waals surface area contributed by atoms with Gasteiger partial charge >= 0.3 is 5.00 Å². The highest BCUT2D eigenvalue weighted by molar-refractivity contribution is 7.17. The summed E-state index contributed by atoms with van der Waals surface area (Å²) in [7, 11) is 0. The van der Waals surface area contributed by atoms with E-state index >= 15 is 0 Å². The molecule has 2 rings (SSSR count). The third kappa shape index (κ3) is 2.78. The average molecular weight is 255 g/mol. The summed E-state index contributed by atoms with van der Waals surface area (Å²) in [4.78, 5) is 32.8. The highest BCUT2D eigenvalue weighted by Crippen LogP contribution is 2.28. The minimum absolute atomic E-state index is 0.00651. The Morgan fingerprint density at radius 1 is 1.35 bits per heavy atom. The van der Waals surface area contributed by atoms with Crippen LogP contribution < -0.4 is 10.9 Å². The molecule has 0 aliphatic heterocycles. The molecular weight excluding hydrogens is 246 g/mol. The Morgan fingerprint density at radius 3 is 2.59 bits per heavy atom. The fourth-order valence-corrected chi connectivity index (χ4v) is 1.89. The predicted octanol–water partition coefficient (Wildman–Crippen LogP) is 0.827. The quantitative estimate of drug-likeness (QED) is 0.616. The molecule has 0 atom stereocenters. The van der Waals surface area contributed by atoms with Crippen LogP contribution in [0.3, 0.4) is 0 Å². The van der Waals surface area contributed by atoms with Crippen LogP contribution in [0.1, 0.15) is 22.5 Å². The van der Waals surface area contributed by atoms with E-state index in [1.165, 1.54) is 12.1 Å². The third-order valence-electron chi connectivity index (χ3n) is 2.24. The lowest BCUT2D eigenvalue weighted by Gasteiger charge is -2.04. The molecule has 1 aliphatic rings. The molecule has 1 aromatic heterocycles. The number of hydrazine groups is 1. The minimum atomic E-state index is -0.565. The highest BCUT2D eigenvalue weighted by Gasteiger charge is 2.29. The second-order valence-electron chi connectivity index (χ2n) is 3.61. The molecular formula is C9H9N3O4S. The minimum Gasteiger partial charge on any atom is -0.273 e. The molecule has 7 nitrogen and oxygen atoms in total. The maximum atomic E-state index is 11.5. The predicted molar refractivity (Wildman–Crippen MR) is 59.3 cm³/mol. The number of nitro groups is 1. The first-order valence-electron chi connectivity index (χ1n) is 4.92. The lowest BCUT2D eigenvalue weighted by molar-refractivity contribution is -0.380. The van der Waals surface area contributed by atoms with Crippen LogP contribution >= 0.6 is 11.3 Å². The summed E-state index contributed by atoms with van der Waals surface area (Å²) in [6, 6.07) is 2.60. The molecule has 0 radical (unpaired) electrons. The van der Waals surface area contributed by atoms with E-state index in [0.29, 0.717) is 0 Å². The van der Waals surface area contributed by atoms with Crippen molar-refractivity contribution in [2.24, 2.45) is 5.92 Å². The van der Waals surface area contributed by atoms with Crippen molar-refractivity contribution in [1.82, 2.24) is 10.9 Å². The van der Waals surface area contributed by atoms with Gasteiger partial charge in [0.25, 0.3) is 5.91 Å². The van der Waals surface area contributed by atoms with Gasteiger partial charge in [0.1, 0.15) is 4.88 Å². The number of carbonyl (C=O) groups is 2. The van der Waals surface area contributed by atoms with E-state index in [1.807, 2.05) is 0 Å². The number of amides is 2. The van der Waals surface area contributed by atoms with Gasteiger partial charge in [0.2, 0.25) is 5.91 Å². The van der Waals surface area contributed by atoms with Gasteiger partial charge < -0.3 is 0 Å². The standard InChI is InChI=1S/C9H9N3O4S/c13-8(5-1-2-5)10-11-9(14)6-3-4-7(17-6)12(15)16/h3-5H,1-2H2,(H,10,13)(H,11,14). The summed E-state index contributed by atoms with van der Waals surface area (Å²) in [5.41, 5.74) is 4.50. The lowest BCUT2D eigenvalue weighted by atomic mass is 10.4. The maximum Gasteiger partial charge on any atom is 0.324 e. The lowest BCUT2D eigenvalue weighted by Crippen LogP contribution is -2.42. The smallest absolute Gasteiger partial charge is 0.273 e. The molecule has 8 heteroatoms. The molecule has 17 heavy (non-hydrogen) atoms. The van der Waals surface area contributed by atoms with Crippen molar-refractivity contribution >= 4 is 28.2 Å². The zero-order valence-corrected chi connectivity index (χ0v) is 9.45. The first-order valence-corrected chi connectivity index (χ1v) is 5.74. The van der Waals surface area contributed by atoms with Crippen LogP contribution in [0.5, 0.6) is 0 Å². The van der Waals surface area contributed by atoms with E-state index in [0.717, 1.165) is 24.2 Å². The largest absolute Gasteiger partial charge is 0.324 e. The number of nitrogens with one attached hydrogen (secondary N) is 2. The first kappa shape index (κ1) is 11.5. The number of thiophene rings is 1. The summed E-state index contributed by atoms with van der Waals surface area (Å²) in [5, 5.41) is 10.3. The first-order chi connectivity index (χ1) is 8.08. The van der Waals surface area contributed by atoms with E-state index in [1.54, 1.807) is 0 Å². The van der Waals surface area contributed by atoms with Gasteiger partial charge in [-0.2, -0.15) is 0 Å². The zero-order chi connectivity index (χ0) is 12.4. The second-order valence-corrected chi connectivity index (χ2v) is 4.67. The van der Waals surface area contributed by atoms with Crippen LogP contribution in [0.2, 0.25) is 0 Å². The fourth-order valence-electron chi connectivity index (χ4n) is 1.18. The number of hydrogen-bond acceptors (Lipinski definition) is 5. The topological polar surface area (TPSA) is 101 Å². The Bertz CT molecular complexity index is 480. The summed E-state index contributed by atoms with van der Waals surface area (Å²) in [5.74, 6) is -0.769. The fraction of sp³-hybridized carbons (Fsp3) is 0.333. The Hall–Kier alpha value is -1.96. The zero-order valence-electron chi connectivity index (χ0n) is 8.63. The summed E-state index contributed by atoms with van der Waals surface area (Å²) >= 11 is 0.762. The van der Waals surface area contributed by atoms with Crippen molar-refractivity contribution in [1.29, 1.82) is 0 Å². The molecule has 1 aliphatic carbocycles. The molecule has 0 saturated heterocycles. The number of carbonyl (C=O) groups excluding carboxylic acids is 2. The summed E-state index contributed by atoms with van der Waals surface area (Å²) in [6.07, 6.45) is 1.68. The van der Waals surface area contributed by atoms with Gasteiger partial charge in [-0.1, -0.05) is 11.3 Å². The molecule has 0 aromatic carbocycles. The summed E-state index contributed by atoms with van der Waals surface area (Å²) < 4.78 is 0. The highest BCUT2D eigenvalue weighted by atomic mass is 32.1. The van der Waals surface area contributed by atoms with E-state index in [2.05, 4.69) is 10.9 Å². The Labute approximate surface area is 99.9 Å². The van der Waals surface area contributed by atoms with Gasteiger partial charge in [0, 0.05) is 12.0 Å². The Kier molecular flexibility index (Phi) is 3.05. The van der Waals surface area contributed by atoms with Crippen molar-refractivity contribution in [3.05, 3.63) is 27.1 Å². The molecule has 1 aromatic rings. The normalized spacial score (nSPS) is 14.1. The van der Waals surface area contributed by atoms with Gasteiger partial charge in [-0.15, -0.1) is 0 Å². The van der Waals surface area contributed by atoms with Gasteiger partial charge in [-0.25, -0.2) is 0 Å². The van der Waals surface area contributed by atoms with E-state index < -0.39 is 10.8 Å². The van der Waals surface area contributed by atoms with Crippen molar-refractivity contribution in [2.75, 3.05) is 0 Å². The molecule has 0 spiro atoms.